The van der Waals surface area contributed by atoms with Crippen LogP contribution < -0.4 is 10.6 Å². The summed E-state index contributed by atoms with van der Waals surface area (Å²) in [4.78, 5) is 12.5. The third-order valence-corrected chi connectivity index (χ3v) is 3.03. The zero-order chi connectivity index (χ0) is 13.5. The molecule has 1 aromatic rings. The second-order valence-corrected chi connectivity index (χ2v) is 5.21. The number of carbonyl (C=O) groups is 1. The van der Waals surface area contributed by atoms with E-state index < -0.39 is 0 Å². The Morgan fingerprint density at radius 1 is 1.39 bits per heavy atom. The Labute approximate surface area is 111 Å². The maximum absolute atomic E-state index is 11.9. The minimum absolute atomic E-state index is 0.132. The van der Waals surface area contributed by atoms with Crippen molar-refractivity contribution in [3.05, 3.63) is 10.6 Å². The summed E-state index contributed by atoms with van der Waals surface area (Å²) in [6, 6.07) is 0. The smallest absolute Gasteiger partial charge is 0.265 e. The van der Waals surface area contributed by atoms with E-state index in [0.717, 1.165) is 17.2 Å². The molecule has 0 saturated carbocycles. The summed E-state index contributed by atoms with van der Waals surface area (Å²) in [6.07, 6.45) is -0.376. The summed E-state index contributed by atoms with van der Waals surface area (Å²) in [5, 5.41) is 18.8. The van der Waals surface area contributed by atoms with Gasteiger partial charge in [-0.25, -0.2) is 0 Å². The topological polar surface area (TPSA) is 87.1 Å². The van der Waals surface area contributed by atoms with Crippen LogP contribution in [0.25, 0.3) is 0 Å². The Morgan fingerprint density at radius 2 is 2.11 bits per heavy atom. The fraction of sp³-hybridized carbons (Fsp3) is 0.727. The van der Waals surface area contributed by atoms with E-state index in [9.17, 15) is 4.79 Å². The average Bonchev–Trinajstić information content (AvgIpc) is 2.76. The maximum Gasteiger partial charge on any atom is 0.265 e. The van der Waals surface area contributed by atoms with Gasteiger partial charge < -0.3 is 15.7 Å². The molecule has 0 spiro atoms. The SMILES string of the molecule is CC(O)CNCCNC(=O)c1snnc1C(C)C. The summed E-state index contributed by atoms with van der Waals surface area (Å²) < 4.78 is 3.81. The first kappa shape index (κ1) is 15.0. The van der Waals surface area contributed by atoms with Crippen molar-refractivity contribution in [2.75, 3.05) is 19.6 Å². The highest BCUT2D eigenvalue weighted by Gasteiger charge is 2.17. The largest absolute Gasteiger partial charge is 0.392 e. The van der Waals surface area contributed by atoms with Crippen molar-refractivity contribution in [1.29, 1.82) is 0 Å². The van der Waals surface area contributed by atoms with Crippen molar-refractivity contribution in [3.63, 3.8) is 0 Å². The third-order valence-electron chi connectivity index (χ3n) is 2.29. The summed E-state index contributed by atoms with van der Waals surface area (Å²) in [7, 11) is 0. The number of nitrogens with one attached hydrogen (secondary N) is 2. The zero-order valence-corrected chi connectivity index (χ0v) is 11.8. The third kappa shape index (κ3) is 4.67. The fourth-order valence-electron chi connectivity index (χ4n) is 1.39. The highest BCUT2D eigenvalue weighted by Crippen LogP contribution is 2.19. The number of carbonyl (C=O) groups excluding carboxylic acids is 1. The minimum atomic E-state index is -0.376. The van der Waals surface area contributed by atoms with Gasteiger partial charge in [-0.05, 0) is 24.4 Å². The lowest BCUT2D eigenvalue weighted by Gasteiger charge is -2.08. The fourth-order valence-corrected chi connectivity index (χ4v) is 2.12. The van der Waals surface area contributed by atoms with Gasteiger partial charge in [0, 0.05) is 19.6 Å². The maximum atomic E-state index is 11.9. The van der Waals surface area contributed by atoms with Crippen molar-refractivity contribution in [2.24, 2.45) is 0 Å². The molecule has 1 atom stereocenters. The van der Waals surface area contributed by atoms with Gasteiger partial charge in [-0.3, -0.25) is 4.79 Å². The van der Waals surface area contributed by atoms with Gasteiger partial charge in [0.15, 0.2) is 0 Å². The Morgan fingerprint density at radius 3 is 2.72 bits per heavy atom. The second-order valence-electron chi connectivity index (χ2n) is 4.45. The Bertz CT molecular complexity index is 379. The van der Waals surface area contributed by atoms with Crippen molar-refractivity contribution in [1.82, 2.24) is 20.2 Å². The molecule has 0 aromatic carbocycles. The molecule has 7 heteroatoms. The lowest BCUT2D eigenvalue weighted by Crippen LogP contribution is -2.34. The molecule has 3 N–H and O–H groups in total. The van der Waals surface area contributed by atoms with Gasteiger partial charge in [0.2, 0.25) is 0 Å². The quantitative estimate of drug-likeness (QED) is 0.624. The standard InChI is InChI=1S/C11H20N4O2S/c1-7(2)9-10(18-15-14-9)11(17)13-5-4-12-6-8(3)16/h7-8,12,16H,4-6H2,1-3H3,(H,13,17). The molecule has 0 aliphatic heterocycles. The first-order chi connectivity index (χ1) is 8.52. The normalized spacial score (nSPS) is 12.7. The molecule has 0 aliphatic carbocycles. The van der Waals surface area contributed by atoms with Crippen LogP contribution >= 0.6 is 11.5 Å². The van der Waals surface area contributed by atoms with Crippen LogP contribution in [0.2, 0.25) is 0 Å². The van der Waals surface area contributed by atoms with Gasteiger partial charge in [-0.15, -0.1) is 5.10 Å². The molecule has 18 heavy (non-hydrogen) atoms. The Kier molecular flexibility index (Phi) is 6.17. The number of hydrogen-bond acceptors (Lipinski definition) is 6. The number of aliphatic hydroxyl groups excluding tert-OH is 1. The van der Waals surface area contributed by atoms with Crippen LogP contribution in [0.5, 0.6) is 0 Å². The van der Waals surface area contributed by atoms with E-state index in [1.165, 1.54) is 0 Å². The highest BCUT2D eigenvalue weighted by molar-refractivity contribution is 7.08. The molecule has 0 saturated heterocycles. The van der Waals surface area contributed by atoms with Crippen LogP contribution in [0.3, 0.4) is 0 Å². The molecule has 1 amide bonds. The first-order valence-corrected chi connectivity index (χ1v) is 6.79. The van der Waals surface area contributed by atoms with Crippen molar-refractivity contribution >= 4 is 17.4 Å². The molecule has 0 bridgehead atoms. The van der Waals surface area contributed by atoms with Crippen molar-refractivity contribution in [2.45, 2.75) is 32.8 Å². The van der Waals surface area contributed by atoms with Gasteiger partial charge in [-0.2, -0.15) is 0 Å². The molecule has 1 aromatic heterocycles. The molecule has 1 unspecified atom stereocenters. The summed E-state index contributed by atoms with van der Waals surface area (Å²) in [5.74, 6) is 0.0606. The van der Waals surface area contributed by atoms with Crippen LogP contribution in [0.15, 0.2) is 0 Å². The lowest BCUT2D eigenvalue weighted by atomic mass is 10.1. The molecular weight excluding hydrogens is 252 g/mol. The zero-order valence-electron chi connectivity index (χ0n) is 10.9. The van der Waals surface area contributed by atoms with E-state index in [-0.39, 0.29) is 17.9 Å². The summed E-state index contributed by atoms with van der Waals surface area (Å²) >= 11 is 1.12. The predicted octanol–water partition coefficient (Wildman–Crippen LogP) is 0.362. The molecule has 0 aliphatic rings. The molecular formula is C11H20N4O2S. The van der Waals surface area contributed by atoms with Crippen LogP contribution in [-0.2, 0) is 0 Å². The van der Waals surface area contributed by atoms with E-state index in [2.05, 4.69) is 20.2 Å². The number of rotatable bonds is 7. The number of hydrogen-bond donors (Lipinski definition) is 3. The van der Waals surface area contributed by atoms with Gasteiger partial charge in [0.25, 0.3) is 5.91 Å². The summed E-state index contributed by atoms with van der Waals surface area (Å²) in [5.41, 5.74) is 0.745. The van der Waals surface area contributed by atoms with E-state index in [4.69, 9.17) is 5.11 Å². The van der Waals surface area contributed by atoms with Crippen LogP contribution in [0, 0.1) is 0 Å². The lowest BCUT2D eigenvalue weighted by molar-refractivity contribution is 0.0956. The van der Waals surface area contributed by atoms with E-state index in [1.807, 2.05) is 13.8 Å². The van der Waals surface area contributed by atoms with Crippen LogP contribution in [-0.4, -0.2) is 46.3 Å². The summed E-state index contributed by atoms with van der Waals surface area (Å²) in [6.45, 7) is 7.34. The second kappa shape index (κ2) is 7.40. The number of aliphatic hydroxyl groups is 1. The highest BCUT2D eigenvalue weighted by atomic mass is 32.1. The predicted molar refractivity (Wildman–Crippen MR) is 70.9 cm³/mol. The molecule has 1 heterocycles. The minimum Gasteiger partial charge on any atom is -0.392 e. The van der Waals surface area contributed by atoms with E-state index in [1.54, 1.807) is 6.92 Å². The monoisotopic (exact) mass is 272 g/mol. The Hall–Kier alpha value is -1.05. The van der Waals surface area contributed by atoms with Crippen molar-refractivity contribution in [3.8, 4) is 0 Å². The van der Waals surface area contributed by atoms with Crippen molar-refractivity contribution < 1.29 is 9.90 Å². The van der Waals surface area contributed by atoms with Gasteiger partial charge in [-0.1, -0.05) is 18.3 Å². The molecule has 102 valence electrons. The Balaban J connectivity index is 2.34. The van der Waals surface area contributed by atoms with E-state index in [0.29, 0.717) is 24.5 Å². The molecule has 0 fully saturated rings. The number of aromatic nitrogens is 2. The van der Waals surface area contributed by atoms with Gasteiger partial charge in [0.1, 0.15) is 4.88 Å². The molecule has 0 radical (unpaired) electrons. The van der Waals surface area contributed by atoms with E-state index >= 15 is 0 Å². The molecule has 1 rings (SSSR count). The van der Waals surface area contributed by atoms with Gasteiger partial charge in [0.05, 0.1) is 11.8 Å². The van der Waals surface area contributed by atoms with Gasteiger partial charge >= 0.3 is 0 Å². The first-order valence-electron chi connectivity index (χ1n) is 6.01. The van der Waals surface area contributed by atoms with Crippen LogP contribution in [0.4, 0.5) is 0 Å². The number of amides is 1. The number of nitrogens with zero attached hydrogens (tertiary/aromatic N) is 2. The van der Waals surface area contributed by atoms with Crippen LogP contribution in [0.1, 0.15) is 42.1 Å². The average molecular weight is 272 g/mol. The molecule has 6 nitrogen and oxygen atoms in total.